The number of rotatable bonds is 4. The average molecular weight is 209 g/mol. The zero-order valence-corrected chi connectivity index (χ0v) is 8.96. The largest absolute Gasteiger partial charge is 0.345 e. The van der Waals surface area contributed by atoms with E-state index in [1.54, 1.807) is 6.20 Å². The van der Waals surface area contributed by atoms with Crippen molar-refractivity contribution >= 4 is 17.4 Å². The van der Waals surface area contributed by atoms with Gasteiger partial charge in [-0.15, -0.1) is 18.0 Å². The number of pyridine rings is 1. The van der Waals surface area contributed by atoms with Crippen molar-refractivity contribution in [1.82, 2.24) is 4.98 Å². The first kappa shape index (κ1) is 10.9. The number of halogens is 1. The SMILES string of the molecule is C#CCN(CC)c1ncccc1CCl. The van der Waals surface area contributed by atoms with Crippen LogP contribution in [-0.4, -0.2) is 18.1 Å². The number of aromatic nitrogens is 1. The fourth-order valence-corrected chi connectivity index (χ4v) is 1.47. The molecule has 0 amide bonds. The third kappa shape index (κ3) is 2.40. The van der Waals surface area contributed by atoms with Crippen molar-refractivity contribution < 1.29 is 0 Å². The smallest absolute Gasteiger partial charge is 0.133 e. The average Bonchev–Trinajstić information content (AvgIpc) is 2.26. The number of hydrogen-bond donors (Lipinski definition) is 0. The molecule has 0 saturated carbocycles. The Balaban J connectivity index is 2.97. The van der Waals surface area contributed by atoms with Gasteiger partial charge in [0.2, 0.25) is 0 Å². The standard InChI is InChI=1S/C11H13ClN2/c1-3-8-14(4-2)11-10(9-12)6-5-7-13-11/h1,5-7H,4,8-9H2,2H3. The molecular formula is C11H13ClN2. The van der Waals surface area contributed by atoms with E-state index in [1.807, 2.05) is 24.0 Å². The maximum absolute atomic E-state index is 5.81. The van der Waals surface area contributed by atoms with Crippen molar-refractivity contribution in [3.8, 4) is 12.3 Å². The molecule has 1 heterocycles. The van der Waals surface area contributed by atoms with E-state index in [0.29, 0.717) is 12.4 Å². The van der Waals surface area contributed by atoms with Crippen LogP contribution >= 0.6 is 11.6 Å². The molecule has 0 saturated heterocycles. The molecule has 0 unspecified atom stereocenters. The molecule has 1 rings (SSSR count). The second kappa shape index (κ2) is 5.51. The van der Waals surface area contributed by atoms with Crippen LogP contribution in [0.5, 0.6) is 0 Å². The van der Waals surface area contributed by atoms with Crippen LogP contribution in [0.2, 0.25) is 0 Å². The van der Waals surface area contributed by atoms with Gasteiger partial charge in [-0.2, -0.15) is 0 Å². The molecular weight excluding hydrogens is 196 g/mol. The van der Waals surface area contributed by atoms with Gasteiger partial charge in [0.25, 0.3) is 0 Å². The number of nitrogens with zero attached hydrogens (tertiary/aromatic N) is 2. The van der Waals surface area contributed by atoms with Crippen molar-refractivity contribution in [1.29, 1.82) is 0 Å². The molecule has 74 valence electrons. The summed E-state index contributed by atoms with van der Waals surface area (Å²) < 4.78 is 0. The lowest BCUT2D eigenvalue weighted by molar-refractivity contribution is 0.884. The summed E-state index contributed by atoms with van der Waals surface area (Å²) >= 11 is 5.81. The van der Waals surface area contributed by atoms with E-state index in [1.165, 1.54) is 0 Å². The van der Waals surface area contributed by atoms with Crippen LogP contribution in [0.3, 0.4) is 0 Å². The zero-order chi connectivity index (χ0) is 10.4. The van der Waals surface area contributed by atoms with Gasteiger partial charge in [-0.25, -0.2) is 4.98 Å². The Hall–Kier alpha value is -1.20. The van der Waals surface area contributed by atoms with Gasteiger partial charge < -0.3 is 4.90 Å². The minimum Gasteiger partial charge on any atom is -0.345 e. The quantitative estimate of drug-likeness (QED) is 0.558. The highest BCUT2D eigenvalue weighted by Crippen LogP contribution is 2.18. The predicted molar refractivity (Wildman–Crippen MR) is 60.5 cm³/mol. The number of terminal acetylenes is 1. The normalized spacial score (nSPS) is 9.50. The summed E-state index contributed by atoms with van der Waals surface area (Å²) in [6.45, 7) is 3.45. The summed E-state index contributed by atoms with van der Waals surface area (Å²) in [5.41, 5.74) is 1.02. The van der Waals surface area contributed by atoms with Gasteiger partial charge in [-0.1, -0.05) is 12.0 Å². The molecule has 0 N–H and O–H groups in total. The maximum atomic E-state index is 5.81. The van der Waals surface area contributed by atoms with Crippen LogP contribution in [0.4, 0.5) is 5.82 Å². The molecule has 0 atom stereocenters. The Kier molecular flexibility index (Phi) is 4.28. The van der Waals surface area contributed by atoms with Gasteiger partial charge in [0.15, 0.2) is 0 Å². The molecule has 1 aromatic heterocycles. The molecule has 0 bridgehead atoms. The number of anilines is 1. The molecule has 2 nitrogen and oxygen atoms in total. The molecule has 14 heavy (non-hydrogen) atoms. The highest BCUT2D eigenvalue weighted by atomic mass is 35.5. The van der Waals surface area contributed by atoms with Crippen LogP contribution < -0.4 is 4.90 Å². The highest BCUT2D eigenvalue weighted by Gasteiger charge is 2.08. The van der Waals surface area contributed by atoms with Crippen LogP contribution in [0.1, 0.15) is 12.5 Å². The Bertz CT molecular complexity index is 330. The van der Waals surface area contributed by atoms with Crippen LogP contribution in [0.25, 0.3) is 0 Å². The third-order valence-corrected chi connectivity index (χ3v) is 2.26. The Morgan fingerprint density at radius 2 is 2.43 bits per heavy atom. The molecule has 0 aliphatic rings. The third-order valence-electron chi connectivity index (χ3n) is 1.97. The van der Waals surface area contributed by atoms with E-state index in [-0.39, 0.29) is 0 Å². The molecule has 0 fully saturated rings. The van der Waals surface area contributed by atoms with Crippen molar-refractivity contribution in [2.45, 2.75) is 12.8 Å². The van der Waals surface area contributed by atoms with E-state index in [4.69, 9.17) is 18.0 Å². The lowest BCUT2D eigenvalue weighted by Crippen LogP contribution is -2.24. The predicted octanol–water partition coefficient (Wildman–Crippen LogP) is 2.28. The minimum atomic E-state index is 0.463. The molecule has 0 aliphatic carbocycles. The lowest BCUT2D eigenvalue weighted by atomic mass is 10.2. The topological polar surface area (TPSA) is 16.1 Å². The summed E-state index contributed by atoms with van der Waals surface area (Å²) in [4.78, 5) is 6.31. The van der Waals surface area contributed by atoms with Gasteiger partial charge in [0.05, 0.1) is 12.4 Å². The van der Waals surface area contributed by atoms with Gasteiger partial charge in [-0.05, 0) is 13.0 Å². The summed E-state index contributed by atoms with van der Waals surface area (Å²) in [5, 5.41) is 0. The van der Waals surface area contributed by atoms with Crippen LogP contribution in [0.15, 0.2) is 18.3 Å². The first-order chi connectivity index (χ1) is 6.83. The Morgan fingerprint density at radius 3 is 3.00 bits per heavy atom. The van der Waals surface area contributed by atoms with Crippen LogP contribution in [-0.2, 0) is 5.88 Å². The van der Waals surface area contributed by atoms with Gasteiger partial charge in [-0.3, -0.25) is 0 Å². The fraction of sp³-hybridized carbons (Fsp3) is 0.364. The molecule has 0 aliphatic heterocycles. The second-order valence-corrected chi connectivity index (χ2v) is 3.11. The molecule has 1 aromatic rings. The van der Waals surface area contributed by atoms with Gasteiger partial charge in [0, 0.05) is 18.3 Å². The van der Waals surface area contributed by atoms with Crippen molar-refractivity contribution in [2.24, 2.45) is 0 Å². The molecule has 0 spiro atoms. The monoisotopic (exact) mass is 208 g/mol. The first-order valence-corrected chi connectivity index (χ1v) is 5.05. The fourth-order valence-electron chi connectivity index (χ4n) is 1.27. The Labute approximate surface area is 89.9 Å². The van der Waals surface area contributed by atoms with Gasteiger partial charge in [0.1, 0.15) is 5.82 Å². The molecule has 0 radical (unpaired) electrons. The summed E-state index contributed by atoms with van der Waals surface area (Å²) in [5.74, 6) is 3.97. The lowest BCUT2D eigenvalue weighted by Gasteiger charge is -2.21. The van der Waals surface area contributed by atoms with Crippen LogP contribution in [0, 0.1) is 12.3 Å². The van der Waals surface area contributed by atoms with E-state index < -0.39 is 0 Å². The van der Waals surface area contributed by atoms with Crippen molar-refractivity contribution in [2.75, 3.05) is 18.0 Å². The summed E-state index contributed by atoms with van der Waals surface area (Å²) in [6.07, 6.45) is 7.04. The number of hydrogen-bond acceptors (Lipinski definition) is 2. The Morgan fingerprint density at radius 1 is 1.64 bits per heavy atom. The van der Waals surface area contributed by atoms with Crippen molar-refractivity contribution in [3.05, 3.63) is 23.9 Å². The maximum Gasteiger partial charge on any atom is 0.133 e. The summed E-state index contributed by atoms with van der Waals surface area (Å²) in [6, 6.07) is 3.85. The van der Waals surface area contributed by atoms with Gasteiger partial charge >= 0.3 is 0 Å². The van der Waals surface area contributed by atoms with E-state index >= 15 is 0 Å². The zero-order valence-electron chi connectivity index (χ0n) is 8.20. The van der Waals surface area contributed by atoms with E-state index in [2.05, 4.69) is 10.9 Å². The van der Waals surface area contributed by atoms with E-state index in [0.717, 1.165) is 17.9 Å². The first-order valence-electron chi connectivity index (χ1n) is 4.51. The molecule has 0 aromatic carbocycles. The van der Waals surface area contributed by atoms with Crippen molar-refractivity contribution in [3.63, 3.8) is 0 Å². The highest BCUT2D eigenvalue weighted by molar-refractivity contribution is 6.17. The summed E-state index contributed by atoms with van der Waals surface area (Å²) in [7, 11) is 0. The van der Waals surface area contributed by atoms with E-state index in [9.17, 15) is 0 Å². The number of alkyl halides is 1. The minimum absolute atomic E-state index is 0.463. The second-order valence-electron chi connectivity index (χ2n) is 2.84. The molecule has 3 heteroatoms.